The second-order valence-electron chi connectivity index (χ2n) is 8.11. The van der Waals surface area contributed by atoms with Crippen LogP contribution in [0.5, 0.6) is 0 Å². The zero-order valence-electron chi connectivity index (χ0n) is 17.7. The van der Waals surface area contributed by atoms with Crippen molar-refractivity contribution in [2.75, 3.05) is 26.2 Å². The van der Waals surface area contributed by atoms with Gasteiger partial charge in [-0.1, -0.05) is 54.6 Å². The maximum atomic E-state index is 5.98. The molecule has 1 fully saturated rings. The fraction of sp³-hybridized carbons (Fsp3) is 0.269. The minimum absolute atomic E-state index is 0.231. The molecule has 1 N–H and O–H groups in total. The van der Waals surface area contributed by atoms with Crippen molar-refractivity contribution in [2.45, 2.75) is 19.2 Å². The maximum absolute atomic E-state index is 5.98. The molecule has 0 radical (unpaired) electrons. The van der Waals surface area contributed by atoms with Gasteiger partial charge in [-0.15, -0.1) is 0 Å². The first-order valence-corrected chi connectivity index (χ1v) is 11.0. The lowest BCUT2D eigenvalue weighted by Gasteiger charge is -2.33. The van der Waals surface area contributed by atoms with Gasteiger partial charge < -0.3 is 10.1 Å². The first kappa shape index (κ1) is 19.9. The Morgan fingerprint density at radius 3 is 2.58 bits per heavy atom. The summed E-state index contributed by atoms with van der Waals surface area (Å²) in [5, 5.41) is 3.57. The lowest BCUT2D eigenvalue weighted by Crippen LogP contribution is -2.46. The molecule has 1 atom stereocenters. The third-order valence-electron chi connectivity index (χ3n) is 5.84. The van der Waals surface area contributed by atoms with Crippen LogP contribution in [0.1, 0.15) is 11.1 Å². The molecule has 1 saturated heterocycles. The van der Waals surface area contributed by atoms with E-state index in [0.717, 1.165) is 56.1 Å². The Bertz CT molecular complexity index is 1110. The van der Waals surface area contributed by atoms with Gasteiger partial charge in [0, 0.05) is 38.4 Å². The number of morpholine rings is 1. The molecule has 0 spiro atoms. The third-order valence-corrected chi connectivity index (χ3v) is 5.84. The number of ether oxygens (including phenoxy) is 1. The quantitative estimate of drug-likeness (QED) is 0.498. The number of nitrogens with one attached hydrogen (secondary N) is 1. The van der Waals surface area contributed by atoms with Crippen LogP contribution in [-0.2, 0) is 17.8 Å². The molecule has 0 bridgehead atoms. The molecule has 5 nitrogen and oxygen atoms in total. The average molecular weight is 413 g/mol. The zero-order valence-corrected chi connectivity index (χ0v) is 17.7. The molecule has 1 aromatic heterocycles. The molecule has 1 aliphatic rings. The number of hydrogen-bond donors (Lipinski definition) is 1. The Labute approximate surface area is 183 Å². The summed E-state index contributed by atoms with van der Waals surface area (Å²) in [5.74, 6) is 0. The van der Waals surface area contributed by atoms with Crippen LogP contribution in [0, 0.1) is 0 Å². The molecule has 31 heavy (non-hydrogen) atoms. The molecule has 4 aromatic rings. The van der Waals surface area contributed by atoms with E-state index in [1.54, 1.807) is 0 Å². The summed E-state index contributed by atoms with van der Waals surface area (Å²) in [6.07, 6.45) is 2.12. The molecule has 0 aliphatic carbocycles. The van der Waals surface area contributed by atoms with Gasteiger partial charge in [-0.05, 0) is 35.4 Å². The topological polar surface area (TPSA) is 42.3 Å². The highest BCUT2D eigenvalue weighted by atomic mass is 16.5. The standard InChI is InChI=1S/C26H28N4O/c1-2-6-22(7-3-1)18-29-14-15-31-24(19-29)17-27-16-21-10-12-23(13-11-21)30-20-28-25-8-4-5-9-26(25)30/h1-13,20,24,27H,14-19H2/t24-/m0/s1. The molecule has 0 amide bonds. The van der Waals surface area contributed by atoms with Gasteiger partial charge in [-0.3, -0.25) is 9.47 Å². The van der Waals surface area contributed by atoms with Crippen molar-refractivity contribution in [1.82, 2.24) is 19.8 Å². The third kappa shape index (κ3) is 4.85. The van der Waals surface area contributed by atoms with Gasteiger partial charge in [0.25, 0.3) is 0 Å². The van der Waals surface area contributed by atoms with Crippen molar-refractivity contribution in [1.29, 1.82) is 0 Å². The van der Waals surface area contributed by atoms with E-state index >= 15 is 0 Å². The molecule has 2 heterocycles. The molecule has 5 heteroatoms. The van der Waals surface area contributed by atoms with Crippen LogP contribution in [0.15, 0.2) is 85.2 Å². The van der Waals surface area contributed by atoms with Gasteiger partial charge in [0.2, 0.25) is 0 Å². The highest BCUT2D eigenvalue weighted by Crippen LogP contribution is 2.18. The van der Waals surface area contributed by atoms with Crippen molar-refractivity contribution in [3.8, 4) is 5.69 Å². The smallest absolute Gasteiger partial charge is 0.100 e. The van der Waals surface area contributed by atoms with E-state index in [1.165, 1.54) is 11.1 Å². The lowest BCUT2D eigenvalue weighted by atomic mass is 10.1. The van der Waals surface area contributed by atoms with Crippen LogP contribution in [0.25, 0.3) is 16.7 Å². The molecular formula is C26H28N4O. The summed E-state index contributed by atoms with van der Waals surface area (Å²) in [6.45, 7) is 5.45. The van der Waals surface area contributed by atoms with Crippen molar-refractivity contribution >= 4 is 11.0 Å². The summed E-state index contributed by atoms with van der Waals surface area (Å²) >= 11 is 0. The predicted octanol–water partition coefficient (Wildman–Crippen LogP) is 4.02. The number of hydrogen-bond acceptors (Lipinski definition) is 4. The SMILES string of the molecule is c1ccc(CN2CCO[C@@H](CNCc3ccc(-n4cnc5ccccc54)cc3)C2)cc1. The molecule has 1 aliphatic heterocycles. The van der Waals surface area contributed by atoms with Gasteiger partial charge in [0.15, 0.2) is 0 Å². The number of aromatic nitrogens is 2. The van der Waals surface area contributed by atoms with E-state index in [-0.39, 0.29) is 6.10 Å². The molecule has 0 unspecified atom stereocenters. The molecular weight excluding hydrogens is 384 g/mol. The minimum atomic E-state index is 0.231. The van der Waals surface area contributed by atoms with Gasteiger partial charge in [0.05, 0.1) is 23.7 Å². The van der Waals surface area contributed by atoms with Crippen LogP contribution in [0.3, 0.4) is 0 Å². The summed E-state index contributed by atoms with van der Waals surface area (Å²) in [7, 11) is 0. The number of rotatable bonds is 7. The van der Waals surface area contributed by atoms with Crippen LogP contribution < -0.4 is 5.32 Å². The van der Waals surface area contributed by atoms with E-state index in [0.29, 0.717) is 0 Å². The summed E-state index contributed by atoms with van der Waals surface area (Å²) in [6, 6.07) is 27.6. The summed E-state index contributed by atoms with van der Waals surface area (Å²) in [5.41, 5.74) is 5.90. The van der Waals surface area contributed by atoms with Gasteiger partial charge in [0.1, 0.15) is 6.33 Å². The Morgan fingerprint density at radius 1 is 0.903 bits per heavy atom. The van der Waals surface area contributed by atoms with E-state index < -0.39 is 0 Å². The summed E-state index contributed by atoms with van der Waals surface area (Å²) in [4.78, 5) is 6.97. The highest BCUT2D eigenvalue weighted by Gasteiger charge is 2.20. The van der Waals surface area contributed by atoms with Crippen molar-refractivity contribution in [2.24, 2.45) is 0 Å². The normalized spacial score (nSPS) is 17.2. The molecule has 158 valence electrons. The van der Waals surface area contributed by atoms with Crippen LogP contribution in [-0.4, -0.2) is 46.8 Å². The number of para-hydroxylation sites is 2. The molecule has 0 saturated carbocycles. The molecule has 5 rings (SSSR count). The van der Waals surface area contributed by atoms with E-state index in [4.69, 9.17) is 4.74 Å². The van der Waals surface area contributed by atoms with E-state index in [2.05, 4.69) is 80.4 Å². The minimum Gasteiger partial charge on any atom is -0.374 e. The van der Waals surface area contributed by atoms with Crippen molar-refractivity contribution < 1.29 is 4.74 Å². The van der Waals surface area contributed by atoms with Gasteiger partial charge in [-0.25, -0.2) is 4.98 Å². The van der Waals surface area contributed by atoms with Gasteiger partial charge in [-0.2, -0.15) is 0 Å². The number of imidazole rings is 1. The second kappa shape index (κ2) is 9.43. The Kier molecular flexibility index (Phi) is 6.07. The summed E-state index contributed by atoms with van der Waals surface area (Å²) < 4.78 is 8.11. The van der Waals surface area contributed by atoms with E-state index in [1.807, 2.05) is 24.5 Å². The van der Waals surface area contributed by atoms with Crippen LogP contribution >= 0.6 is 0 Å². The van der Waals surface area contributed by atoms with E-state index in [9.17, 15) is 0 Å². The number of nitrogens with zero attached hydrogens (tertiary/aromatic N) is 3. The maximum Gasteiger partial charge on any atom is 0.100 e. The van der Waals surface area contributed by atoms with Crippen molar-refractivity contribution in [3.05, 3.63) is 96.3 Å². The van der Waals surface area contributed by atoms with Crippen molar-refractivity contribution in [3.63, 3.8) is 0 Å². The van der Waals surface area contributed by atoms with Crippen LogP contribution in [0.4, 0.5) is 0 Å². The monoisotopic (exact) mass is 412 g/mol. The lowest BCUT2D eigenvalue weighted by molar-refractivity contribution is -0.0300. The fourth-order valence-electron chi connectivity index (χ4n) is 4.21. The predicted molar refractivity (Wildman–Crippen MR) is 124 cm³/mol. The number of benzene rings is 3. The zero-order chi connectivity index (χ0) is 20.9. The first-order chi connectivity index (χ1) is 15.3. The Balaban J connectivity index is 1.13. The second-order valence-corrected chi connectivity index (χ2v) is 8.11. The number of fused-ring (bicyclic) bond motifs is 1. The largest absolute Gasteiger partial charge is 0.374 e. The van der Waals surface area contributed by atoms with Crippen LogP contribution in [0.2, 0.25) is 0 Å². The highest BCUT2D eigenvalue weighted by molar-refractivity contribution is 5.77. The average Bonchev–Trinajstić information content (AvgIpc) is 3.25. The first-order valence-electron chi connectivity index (χ1n) is 11.0. The Morgan fingerprint density at radius 2 is 1.71 bits per heavy atom. The van der Waals surface area contributed by atoms with Gasteiger partial charge >= 0.3 is 0 Å². The molecule has 3 aromatic carbocycles. The fourth-order valence-corrected chi connectivity index (χ4v) is 4.21. The Hall–Kier alpha value is -2.99.